The van der Waals surface area contributed by atoms with E-state index in [1.807, 2.05) is 7.05 Å². The van der Waals surface area contributed by atoms with Crippen LogP contribution in [-0.2, 0) is 4.79 Å². The first-order valence-corrected chi connectivity index (χ1v) is 13.1. The molecule has 29 heavy (non-hydrogen) atoms. The lowest BCUT2D eigenvalue weighted by atomic mass is 10.0. The van der Waals surface area contributed by atoms with Crippen LogP contribution in [0, 0.1) is 0 Å². The largest absolute Gasteiger partial charge is 0.370 e. The molecule has 0 unspecified atom stereocenters. The van der Waals surface area contributed by atoms with Gasteiger partial charge in [-0.2, -0.15) is 0 Å². The van der Waals surface area contributed by atoms with Gasteiger partial charge in [-0.15, -0.1) is 0 Å². The quantitative estimate of drug-likeness (QED) is 0.177. The van der Waals surface area contributed by atoms with Gasteiger partial charge in [-0.05, 0) is 26.4 Å². The summed E-state index contributed by atoms with van der Waals surface area (Å²) in [6, 6.07) is 0. The molecule has 0 spiro atoms. The maximum Gasteiger partial charge on any atom is 0.217 e. The molecular formula is C26H56N2O. The molecule has 0 aromatic heterocycles. The van der Waals surface area contributed by atoms with Crippen LogP contribution in [0.2, 0.25) is 0 Å². The van der Waals surface area contributed by atoms with Crippen molar-refractivity contribution in [1.82, 2.24) is 5.32 Å². The third kappa shape index (κ3) is 35.3. The van der Waals surface area contributed by atoms with Crippen LogP contribution >= 0.6 is 0 Å². The van der Waals surface area contributed by atoms with Gasteiger partial charge in [0.2, 0.25) is 5.91 Å². The molecule has 0 saturated carbocycles. The standard InChI is InChI=1S/C22H45NO.C4H11N/c1-2-3-4-5-6-7-8-9-10-11-12-13-14-15-16-17-18-19-20-21-22(23)24;1-3-4-5-2/h2-21H2,1H3,(H2,23,24);5H,3-4H2,1-2H3. The summed E-state index contributed by atoms with van der Waals surface area (Å²) in [5.74, 6) is -0.151. The average Bonchev–Trinajstić information content (AvgIpc) is 2.70. The molecule has 0 aliphatic rings. The first-order chi connectivity index (χ1) is 14.2. The molecule has 0 rings (SSSR count). The fourth-order valence-electron chi connectivity index (χ4n) is 3.63. The smallest absolute Gasteiger partial charge is 0.217 e. The van der Waals surface area contributed by atoms with Crippen molar-refractivity contribution in [2.45, 2.75) is 149 Å². The predicted molar refractivity (Wildman–Crippen MR) is 131 cm³/mol. The monoisotopic (exact) mass is 412 g/mol. The number of hydrogen-bond acceptors (Lipinski definition) is 2. The Balaban J connectivity index is 0. The van der Waals surface area contributed by atoms with Crippen LogP contribution in [0.3, 0.4) is 0 Å². The van der Waals surface area contributed by atoms with Crippen LogP contribution in [0.1, 0.15) is 149 Å². The molecule has 0 saturated heterocycles. The number of nitrogens with one attached hydrogen (secondary N) is 1. The SMILES string of the molecule is CCCCCCCCCCCCCCCCCCCCCC(N)=O.CCCNC. The Kier molecular flexibility index (Phi) is 31.3. The molecular weight excluding hydrogens is 356 g/mol. The van der Waals surface area contributed by atoms with Crippen LogP contribution in [-0.4, -0.2) is 19.5 Å². The second-order valence-corrected chi connectivity index (χ2v) is 8.68. The van der Waals surface area contributed by atoms with Crippen LogP contribution in [0.25, 0.3) is 0 Å². The zero-order chi connectivity index (χ0) is 21.8. The van der Waals surface area contributed by atoms with Crippen LogP contribution < -0.4 is 11.1 Å². The molecule has 3 heteroatoms. The minimum absolute atomic E-state index is 0.151. The average molecular weight is 413 g/mol. The van der Waals surface area contributed by atoms with E-state index in [1.165, 1.54) is 122 Å². The van der Waals surface area contributed by atoms with E-state index >= 15 is 0 Å². The Morgan fingerprint density at radius 3 is 1.07 bits per heavy atom. The summed E-state index contributed by atoms with van der Waals surface area (Å²) in [5.41, 5.74) is 5.13. The number of unbranched alkanes of at least 4 members (excludes halogenated alkanes) is 18. The Labute approximate surface area is 184 Å². The number of carbonyl (C=O) groups excluding carboxylic acids is 1. The number of primary amides is 1. The Morgan fingerprint density at radius 2 is 0.862 bits per heavy atom. The Morgan fingerprint density at radius 1 is 0.552 bits per heavy atom. The molecule has 0 aromatic rings. The molecule has 3 N–H and O–H groups in total. The van der Waals surface area contributed by atoms with E-state index in [1.54, 1.807) is 0 Å². The van der Waals surface area contributed by atoms with Gasteiger partial charge in [0, 0.05) is 6.42 Å². The molecule has 176 valence electrons. The Hall–Kier alpha value is -0.570. The van der Waals surface area contributed by atoms with Crippen molar-refractivity contribution in [1.29, 1.82) is 0 Å². The van der Waals surface area contributed by atoms with Crippen LogP contribution in [0.15, 0.2) is 0 Å². The minimum atomic E-state index is -0.151. The zero-order valence-electron chi connectivity index (χ0n) is 20.5. The summed E-state index contributed by atoms with van der Waals surface area (Å²) in [6.45, 7) is 5.57. The van der Waals surface area contributed by atoms with Crippen molar-refractivity contribution >= 4 is 5.91 Å². The zero-order valence-corrected chi connectivity index (χ0v) is 20.5. The van der Waals surface area contributed by atoms with E-state index in [0.29, 0.717) is 6.42 Å². The highest BCUT2D eigenvalue weighted by molar-refractivity contribution is 5.73. The summed E-state index contributed by atoms with van der Waals surface area (Å²) < 4.78 is 0. The normalized spacial score (nSPS) is 10.6. The van der Waals surface area contributed by atoms with Crippen molar-refractivity contribution < 1.29 is 4.79 Å². The molecule has 0 aromatic carbocycles. The maximum atomic E-state index is 10.6. The van der Waals surface area contributed by atoms with Gasteiger partial charge in [0.15, 0.2) is 0 Å². The highest BCUT2D eigenvalue weighted by Crippen LogP contribution is 2.14. The lowest BCUT2D eigenvalue weighted by molar-refractivity contribution is -0.118. The second-order valence-electron chi connectivity index (χ2n) is 8.68. The summed E-state index contributed by atoms with van der Waals surface area (Å²) in [7, 11) is 1.96. The van der Waals surface area contributed by atoms with Crippen molar-refractivity contribution in [2.75, 3.05) is 13.6 Å². The van der Waals surface area contributed by atoms with Gasteiger partial charge in [-0.1, -0.05) is 129 Å². The van der Waals surface area contributed by atoms with E-state index in [9.17, 15) is 4.79 Å². The molecule has 0 bridgehead atoms. The Bertz CT molecular complexity index is 292. The van der Waals surface area contributed by atoms with Crippen LogP contribution in [0.5, 0.6) is 0 Å². The van der Waals surface area contributed by atoms with E-state index < -0.39 is 0 Å². The lowest BCUT2D eigenvalue weighted by Gasteiger charge is -2.03. The molecule has 1 amide bonds. The fraction of sp³-hybridized carbons (Fsp3) is 0.962. The molecule has 0 aliphatic carbocycles. The minimum Gasteiger partial charge on any atom is -0.370 e. The molecule has 0 radical (unpaired) electrons. The third-order valence-corrected chi connectivity index (χ3v) is 5.53. The van der Waals surface area contributed by atoms with E-state index in [2.05, 4.69) is 19.2 Å². The molecule has 0 fully saturated rings. The number of hydrogen-bond donors (Lipinski definition) is 2. The summed E-state index contributed by atoms with van der Waals surface area (Å²) in [5, 5.41) is 3.02. The van der Waals surface area contributed by atoms with Gasteiger partial charge in [0.25, 0.3) is 0 Å². The number of rotatable bonds is 22. The van der Waals surface area contributed by atoms with Crippen molar-refractivity contribution in [3.63, 3.8) is 0 Å². The van der Waals surface area contributed by atoms with Crippen molar-refractivity contribution in [3.05, 3.63) is 0 Å². The topological polar surface area (TPSA) is 55.1 Å². The molecule has 0 aliphatic heterocycles. The summed E-state index contributed by atoms with van der Waals surface area (Å²) >= 11 is 0. The fourth-order valence-corrected chi connectivity index (χ4v) is 3.63. The van der Waals surface area contributed by atoms with E-state index in [4.69, 9.17) is 5.73 Å². The molecule has 3 nitrogen and oxygen atoms in total. The highest BCUT2D eigenvalue weighted by Gasteiger charge is 1.96. The number of amides is 1. The first kappa shape index (κ1) is 30.6. The number of carbonyl (C=O) groups is 1. The third-order valence-electron chi connectivity index (χ3n) is 5.53. The summed E-state index contributed by atoms with van der Waals surface area (Å²) in [6.07, 6.45) is 28.0. The molecule has 0 heterocycles. The molecule has 0 atom stereocenters. The van der Waals surface area contributed by atoms with E-state index in [0.717, 1.165) is 13.0 Å². The van der Waals surface area contributed by atoms with Gasteiger partial charge in [-0.3, -0.25) is 4.79 Å². The van der Waals surface area contributed by atoms with Gasteiger partial charge in [-0.25, -0.2) is 0 Å². The van der Waals surface area contributed by atoms with Gasteiger partial charge in [0.1, 0.15) is 0 Å². The van der Waals surface area contributed by atoms with Crippen molar-refractivity contribution in [3.8, 4) is 0 Å². The van der Waals surface area contributed by atoms with Gasteiger partial charge in [0.05, 0.1) is 0 Å². The van der Waals surface area contributed by atoms with Gasteiger partial charge >= 0.3 is 0 Å². The predicted octanol–water partition coefficient (Wildman–Crippen LogP) is 7.91. The number of nitrogens with two attached hydrogens (primary N) is 1. The second kappa shape index (κ2) is 29.6. The highest BCUT2D eigenvalue weighted by atomic mass is 16.1. The van der Waals surface area contributed by atoms with Gasteiger partial charge < -0.3 is 11.1 Å². The lowest BCUT2D eigenvalue weighted by Crippen LogP contribution is -2.09. The van der Waals surface area contributed by atoms with Crippen molar-refractivity contribution in [2.24, 2.45) is 5.73 Å². The van der Waals surface area contributed by atoms with E-state index in [-0.39, 0.29) is 5.91 Å². The first-order valence-electron chi connectivity index (χ1n) is 13.1. The maximum absolute atomic E-state index is 10.6. The van der Waals surface area contributed by atoms with Crippen LogP contribution in [0.4, 0.5) is 0 Å². The summed E-state index contributed by atoms with van der Waals surface area (Å²) in [4.78, 5) is 10.6.